The fourth-order valence-corrected chi connectivity index (χ4v) is 3.00. The van der Waals surface area contributed by atoms with Crippen molar-refractivity contribution in [1.82, 2.24) is 14.9 Å². The second-order valence-corrected chi connectivity index (χ2v) is 5.13. The Hall–Kier alpha value is -1.81. The number of aromatic nitrogens is 2. The molecule has 0 atom stereocenters. The lowest BCUT2D eigenvalue weighted by Gasteiger charge is -2.22. The van der Waals surface area contributed by atoms with Crippen molar-refractivity contribution < 1.29 is 4.74 Å². The van der Waals surface area contributed by atoms with Crippen LogP contribution in [0.25, 0.3) is 11.3 Å². The Balaban J connectivity index is 1.86. The number of hydrogen-bond acceptors (Lipinski definition) is 3. The van der Waals surface area contributed by atoms with E-state index in [0.29, 0.717) is 0 Å². The van der Waals surface area contributed by atoms with Crippen molar-refractivity contribution in [1.29, 1.82) is 0 Å². The molecule has 4 rings (SSSR count). The van der Waals surface area contributed by atoms with E-state index in [4.69, 9.17) is 4.74 Å². The summed E-state index contributed by atoms with van der Waals surface area (Å²) in [5, 5.41) is 3.35. The summed E-state index contributed by atoms with van der Waals surface area (Å²) in [4.78, 5) is 4.53. The average Bonchev–Trinajstić information content (AvgIpc) is 2.90. The van der Waals surface area contributed by atoms with Crippen LogP contribution in [0.3, 0.4) is 0 Å². The van der Waals surface area contributed by atoms with Crippen molar-refractivity contribution in [2.45, 2.75) is 25.9 Å². The molecule has 3 heterocycles. The lowest BCUT2D eigenvalue weighted by molar-refractivity contribution is 0.289. The van der Waals surface area contributed by atoms with Gasteiger partial charge in [0, 0.05) is 18.7 Å². The number of aryl methyl sites for hydroxylation is 1. The molecule has 2 aromatic rings. The first kappa shape index (κ1) is 11.1. The Bertz CT molecular complexity index is 618. The van der Waals surface area contributed by atoms with E-state index >= 15 is 0 Å². The largest absolute Gasteiger partial charge is 0.493 e. The third-order valence-corrected chi connectivity index (χ3v) is 3.94. The van der Waals surface area contributed by atoms with Gasteiger partial charge in [-0.15, -0.1) is 0 Å². The standard InChI is InChI=1S/C15H17N3O/c1-3-11-4-2-8-19-15(11)12(5-1)13-9-17-14-10-16-6-7-18(13)14/h1,3,5,9,16H,2,4,6-8,10H2. The molecule has 2 aliphatic rings. The number of para-hydroxylation sites is 1. The highest BCUT2D eigenvalue weighted by atomic mass is 16.5. The fourth-order valence-electron chi connectivity index (χ4n) is 3.00. The predicted octanol–water partition coefficient (Wildman–Crippen LogP) is 1.98. The second kappa shape index (κ2) is 4.38. The molecule has 2 aliphatic heterocycles. The topological polar surface area (TPSA) is 39.1 Å². The summed E-state index contributed by atoms with van der Waals surface area (Å²) in [6.45, 7) is 3.67. The van der Waals surface area contributed by atoms with Gasteiger partial charge in [0.1, 0.15) is 11.6 Å². The third kappa shape index (κ3) is 1.75. The fraction of sp³-hybridized carbons (Fsp3) is 0.400. The van der Waals surface area contributed by atoms with E-state index in [0.717, 1.165) is 50.7 Å². The van der Waals surface area contributed by atoms with Crippen LogP contribution in [-0.2, 0) is 19.5 Å². The molecule has 0 radical (unpaired) electrons. The Kier molecular flexibility index (Phi) is 2.55. The van der Waals surface area contributed by atoms with Gasteiger partial charge in [-0.1, -0.05) is 12.1 Å². The Labute approximate surface area is 112 Å². The zero-order chi connectivity index (χ0) is 12.7. The molecule has 0 bridgehead atoms. The minimum atomic E-state index is 0.826. The van der Waals surface area contributed by atoms with Gasteiger partial charge >= 0.3 is 0 Å². The highest BCUT2D eigenvalue weighted by Crippen LogP contribution is 2.36. The number of ether oxygens (including phenoxy) is 1. The molecule has 0 amide bonds. The van der Waals surface area contributed by atoms with Crippen molar-refractivity contribution in [3.63, 3.8) is 0 Å². The summed E-state index contributed by atoms with van der Waals surface area (Å²) in [5.74, 6) is 2.18. The number of rotatable bonds is 1. The molecule has 0 saturated heterocycles. The molecule has 98 valence electrons. The van der Waals surface area contributed by atoms with Crippen LogP contribution in [0.2, 0.25) is 0 Å². The molecule has 0 saturated carbocycles. The van der Waals surface area contributed by atoms with Gasteiger partial charge in [0.05, 0.1) is 25.0 Å². The number of nitrogens with zero attached hydrogens (tertiary/aromatic N) is 2. The van der Waals surface area contributed by atoms with E-state index in [-0.39, 0.29) is 0 Å². The van der Waals surface area contributed by atoms with E-state index in [9.17, 15) is 0 Å². The zero-order valence-corrected chi connectivity index (χ0v) is 10.9. The highest BCUT2D eigenvalue weighted by Gasteiger charge is 2.20. The molecule has 0 unspecified atom stereocenters. The highest BCUT2D eigenvalue weighted by molar-refractivity contribution is 5.70. The van der Waals surface area contributed by atoms with Gasteiger partial charge in [-0.05, 0) is 24.5 Å². The molecule has 0 aliphatic carbocycles. The Morgan fingerprint density at radius 2 is 2.32 bits per heavy atom. The van der Waals surface area contributed by atoms with Gasteiger partial charge in [0.2, 0.25) is 0 Å². The van der Waals surface area contributed by atoms with E-state index in [2.05, 4.69) is 33.1 Å². The maximum absolute atomic E-state index is 5.91. The van der Waals surface area contributed by atoms with Crippen molar-refractivity contribution in [2.75, 3.05) is 13.2 Å². The minimum absolute atomic E-state index is 0.826. The zero-order valence-electron chi connectivity index (χ0n) is 10.9. The van der Waals surface area contributed by atoms with Crippen LogP contribution in [0.5, 0.6) is 5.75 Å². The summed E-state index contributed by atoms with van der Waals surface area (Å²) in [6.07, 6.45) is 4.21. The van der Waals surface area contributed by atoms with Crippen molar-refractivity contribution >= 4 is 0 Å². The monoisotopic (exact) mass is 255 g/mol. The van der Waals surface area contributed by atoms with Crippen LogP contribution in [0, 0.1) is 0 Å². The molecular formula is C15H17N3O. The first-order chi connectivity index (χ1) is 9.43. The van der Waals surface area contributed by atoms with Crippen LogP contribution >= 0.6 is 0 Å². The predicted molar refractivity (Wildman–Crippen MR) is 73.2 cm³/mol. The van der Waals surface area contributed by atoms with Crippen molar-refractivity contribution in [2.24, 2.45) is 0 Å². The molecule has 1 N–H and O–H groups in total. The van der Waals surface area contributed by atoms with Gasteiger partial charge in [-0.25, -0.2) is 4.98 Å². The Morgan fingerprint density at radius 1 is 1.32 bits per heavy atom. The summed E-state index contributed by atoms with van der Waals surface area (Å²) in [7, 11) is 0. The lowest BCUT2D eigenvalue weighted by Crippen LogP contribution is -2.28. The number of nitrogens with one attached hydrogen (secondary N) is 1. The third-order valence-electron chi connectivity index (χ3n) is 3.94. The molecule has 1 aromatic carbocycles. The smallest absolute Gasteiger partial charge is 0.131 e. The molecule has 4 heteroatoms. The van der Waals surface area contributed by atoms with Crippen molar-refractivity contribution in [3.05, 3.63) is 35.8 Å². The van der Waals surface area contributed by atoms with Crippen LogP contribution in [0.15, 0.2) is 24.4 Å². The first-order valence-corrected chi connectivity index (χ1v) is 6.93. The molecule has 0 spiro atoms. The maximum Gasteiger partial charge on any atom is 0.131 e. The van der Waals surface area contributed by atoms with E-state index in [1.54, 1.807) is 0 Å². The molecule has 0 fully saturated rings. The first-order valence-electron chi connectivity index (χ1n) is 6.93. The van der Waals surface area contributed by atoms with Crippen LogP contribution < -0.4 is 10.1 Å². The van der Waals surface area contributed by atoms with E-state index in [1.165, 1.54) is 16.8 Å². The molecular weight excluding hydrogens is 238 g/mol. The van der Waals surface area contributed by atoms with Crippen LogP contribution in [-0.4, -0.2) is 22.7 Å². The summed E-state index contributed by atoms with van der Waals surface area (Å²) in [6, 6.07) is 6.45. The van der Waals surface area contributed by atoms with E-state index < -0.39 is 0 Å². The van der Waals surface area contributed by atoms with Gasteiger partial charge in [0.25, 0.3) is 0 Å². The van der Waals surface area contributed by atoms with Gasteiger partial charge in [0.15, 0.2) is 0 Å². The van der Waals surface area contributed by atoms with Crippen LogP contribution in [0.4, 0.5) is 0 Å². The lowest BCUT2D eigenvalue weighted by atomic mass is 10.0. The summed E-state index contributed by atoms with van der Waals surface area (Å²) >= 11 is 0. The SMILES string of the molecule is c1cc2c(c(-c3cnc4n3CCNC4)c1)OCCC2. The van der Waals surface area contributed by atoms with Crippen LogP contribution in [0.1, 0.15) is 17.8 Å². The maximum atomic E-state index is 5.91. The average molecular weight is 255 g/mol. The normalized spacial score (nSPS) is 17.5. The minimum Gasteiger partial charge on any atom is -0.493 e. The number of benzene rings is 1. The number of hydrogen-bond donors (Lipinski definition) is 1. The molecule has 1 aromatic heterocycles. The quantitative estimate of drug-likeness (QED) is 0.847. The van der Waals surface area contributed by atoms with Gasteiger partial charge in [-0.3, -0.25) is 0 Å². The second-order valence-electron chi connectivity index (χ2n) is 5.13. The van der Waals surface area contributed by atoms with Gasteiger partial charge < -0.3 is 14.6 Å². The number of imidazole rings is 1. The molecule has 19 heavy (non-hydrogen) atoms. The molecule has 4 nitrogen and oxygen atoms in total. The number of fused-ring (bicyclic) bond motifs is 2. The van der Waals surface area contributed by atoms with Crippen molar-refractivity contribution in [3.8, 4) is 17.0 Å². The summed E-state index contributed by atoms with van der Waals surface area (Å²) in [5.41, 5.74) is 3.71. The van der Waals surface area contributed by atoms with Gasteiger partial charge in [-0.2, -0.15) is 0 Å². The summed E-state index contributed by atoms with van der Waals surface area (Å²) < 4.78 is 8.22. The van der Waals surface area contributed by atoms with E-state index in [1.807, 2.05) is 6.20 Å². The Morgan fingerprint density at radius 3 is 3.32 bits per heavy atom.